The van der Waals surface area contributed by atoms with Crippen LogP contribution in [0.4, 0.5) is 3.89 Å². The van der Waals surface area contributed by atoms with Crippen molar-refractivity contribution < 1.29 is 8.68 Å². The monoisotopic (exact) mass is 352 g/mol. The van der Waals surface area contributed by atoms with Gasteiger partial charge in [0.1, 0.15) is 5.52 Å². The molecule has 0 spiro atoms. The molecule has 0 bridgehead atoms. The van der Waals surface area contributed by atoms with Crippen molar-refractivity contribution in [3.8, 4) is 0 Å². The molecule has 4 nitrogen and oxygen atoms in total. The van der Waals surface area contributed by atoms with Crippen LogP contribution in [0, 0.1) is 6.92 Å². The first kappa shape index (κ1) is 13.6. The standard InChI is InChI=1S/C10H7BrClFN2O2S/c1-4-6(9(12)16)7-5(11)3-14(2)10(17)8(7)15(4)18-13/h3H,1-2H3. The third-order valence-corrected chi connectivity index (χ3v) is 4.08. The van der Waals surface area contributed by atoms with Crippen molar-refractivity contribution in [2.45, 2.75) is 6.92 Å². The minimum absolute atomic E-state index is 0.0980. The van der Waals surface area contributed by atoms with Gasteiger partial charge in [-0.3, -0.25) is 13.6 Å². The minimum atomic E-state index is -0.723. The zero-order chi connectivity index (χ0) is 13.6. The van der Waals surface area contributed by atoms with Crippen LogP contribution in [-0.2, 0) is 7.05 Å². The number of aromatic nitrogens is 2. The third-order valence-electron chi connectivity index (χ3n) is 2.69. The normalized spacial score (nSPS) is 11.2. The molecule has 0 aromatic carbocycles. The number of carbonyl (C=O) groups excluding carboxylic acids is 1. The van der Waals surface area contributed by atoms with Crippen LogP contribution in [-0.4, -0.2) is 13.8 Å². The summed E-state index contributed by atoms with van der Waals surface area (Å²) in [6.45, 7) is 1.54. The Bertz CT molecular complexity index is 725. The maximum absolute atomic E-state index is 13.0. The van der Waals surface area contributed by atoms with Crippen LogP contribution >= 0.6 is 39.9 Å². The van der Waals surface area contributed by atoms with Crippen molar-refractivity contribution in [2.75, 3.05) is 0 Å². The topological polar surface area (TPSA) is 44.0 Å². The van der Waals surface area contributed by atoms with Gasteiger partial charge in [0, 0.05) is 28.8 Å². The predicted octanol–water partition coefficient (Wildman–Crippen LogP) is 3.17. The second kappa shape index (κ2) is 4.71. The number of aryl methyl sites for hydroxylation is 1. The lowest BCUT2D eigenvalue weighted by Gasteiger charge is -2.02. The van der Waals surface area contributed by atoms with Crippen molar-refractivity contribution in [2.24, 2.45) is 7.05 Å². The summed E-state index contributed by atoms with van der Waals surface area (Å²) in [5, 5.41) is -0.389. The van der Waals surface area contributed by atoms with E-state index >= 15 is 0 Å². The molecule has 0 radical (unpaired) electrons. The van der Waals surface area contributed by atoms with Crippen LogP contribution in [0.3, 0.4) is 0 Å². The number of fused-ring (bicyclic) bond motifs is 1. The van der Waals surface area contributed by atoms with E-state index in [1.165, 1.54) is 17.7 Å². The van der Waals surface area contributed by atoms with Gasteiger partial charge in [0.2, 0.25) is 0 Å². The highest BCUT2D eigenvalue weighted by Gasteiger charge is 2.24. The molecule has 0 aliphatic carbocycles. The number of rotatable bonds is 2. The number of pyridine rings is 1. The Morgan fingerprint density at radius 2 is 2.17 bits per heavy atom. The molecule has 2 heterocycles. The molecule has 0 fully saturated rings. The highest BCUT2D eigenvalue weighted by atomic mass is 79.9. The summed E-state index contributed by atoms with van der Waals surface area (Å²) in [5.41, 5.74) is 0.148. The first-order valence-corrected chi connectivity index (χ1v) is 6.63. The number of halogens is 3. The Balaban J connectivity index is 3.15. The fourth-order valence-electron chi connectivity index (χ4n) is 1.88. The smallest absolute Gasteiger partial charge is 0.275 e. The molecular formula is C10H7BrClFN2O2S. The maximum atomic E-state index is 13.0. The van der Waals surface area contributed by atoms with Gasteiger partial charge in [-0.1, -0.05) is 0 Å². The van der Waals surface area contributed by atoms with E-state index in [1.807, 2.05) is 0 Å². The molecule has 96 valence electrons. The molecule has 0 aliphatic rings. The molecule has 2 aromatic heterocycles. The first-order chi connectivity index (χ1) is 8.40. The highest BCUT2D eigenvalue weighted by Crippen LogP contribution is 2.33. The van der Waals surface area contributed by atoms with E-state index in [-0.39, 0.29) is 23.4 Å². The van der Waals surface area contributed by atoms with Gasteiger partial charge in [0.25, 0.3) is 10.8 Å². The summed E-state index contributed by atoms with van der Waals surface area (Å²) >= 11 is 8.64. The average molecular weight is 354 g/mol. The molecule has 2 rings (SSSR count). The van der Waals surface area contributed by atoms with Crippen molar-refractivity contribution >= 4 is 56.0 Å². The van der Waals surface area contributed by atoms with Crippen LogP contribution in [0.2, 0.25) is 0 Å². The van der Waals surface area contributed by atoms with Gasteiger partial charge in [0.15, 0.2) is 12.3 Å². The number of hydrogen-bond donors (Lipinski definition) is 0. The molecule has 0 aliphatic heterocycles. The first-order valence-electron chi connectivity index (χ1n) is 4.79. The molecule has 0 unspecified atom stereocenters. The lowest BCUT2D eigenvalue weighted by atomic mass is 10.2. The second-order valence-corrected chi connectivity index (χ2v) is 5.41. The number of nitrogens with zero attached hydrogens (tertiary/aromatic N) is 2. The molecule has 0 N–H and O–H groups in total. The zero-order valence-electron chi connectivity index (χ0n) is 9.33. The van der Waals surface area contributed by atoms with E-state index < -0.39 is 10.8 Å². The summed E-state index contributed by atoms with van der Waals surface area (Å²) in [7, 11) is 1.55. The van der Waals surface area contributed by atoms with Gasteiger partial charge in [-0.15, -0.1) is 3.89 Å². The summed E-state index contributed by atoms with van der Waals surface area (Å²) in [5.74, 6) is 0. The molecule has 8 heteroatoms. The largest absolute Gasteiger partial charge is 0.316 e. The summed E-state index contributed by atoms with van der Waals surface area (Å²) in [6, 6.07) is 0. The summed E-state index contributed by atoms with van der Waals surface area (Å²) in [6.07, 6.45) is 1.51. The molecule has 0 saturated heterocycles. The quantitative estimate of drug-likeness (QED) is 0.779. The lowest BCUT2D eigenvalue weighted by molar-refractivity contribution is 0.108. The fraction of sp³-hybridized carbons (Fsp3) is 0.200. The third kappa shape index (κ3) is 1.81. The van der Waals surface area contributed by atoms with Gasteiger partial charge in [0.05, 0.1) is 5.56 Å². The van der Waals surface area contributed by atoms with Crippen molar-refractivity contribution in [3.05, 3.63) is 32.3 Å². The minimum Gasteiger partial charge on any atom is -0.316 e. The van der Waals surface area contributed by atoms with Gasteiger partial charge in [-0.2, -0.15) is 0 Å². The van der Waals surface area contributed by atoms with Gasteiger partial charge < -0.3 is 4.57 Å². The maximum Gasteiger partial charge on any atom is 0.275 e. The SMILES string of the molecule is Cc1c(C(=O)Cl)c2c(Br)cn(C)c(=O)c2n1SF. The number of hydrogen-bond acceptors (Lipinski definition) is 3. The Morgan fingerprint density at radius 3 is 2.67 bits per heavy atom. The molecule has 18 heavy (non-hydrogen) atoms. The van der Waals surface area contributed by atoms with Crippen LogP contribution in [0.25, 0.3) is 10.9 Å². The van der Waals surface area contributed by atoms with Crippen molar-refractivity contribution in [3.63, 3.8) is 0 Å². The van der Waals surface area contributed by atoms with E-state index in [0.717, 1.165) is 3.97 Å². The zero-order valence-corrected chi connectivity index (χ0v) is 12.5. The van der Waals surface area contributed by atoms with E-state index in [9.17, 15) is 13.5 Å². The van der Waals surface area contributed by atoms with E-state index in [4.69, 9.17) is 11.6 Å². The molecule has 0 saturated carbocycles. The summed E-state index contributed by atoms with van der Waals surface area (Å²) < 4.78 is 15.9. The lowest BCUT2D eigenvalue weighted by Crippen LogP contribution is -2.17. The van der Waals surface area contributed by atoms with Gasteiger partial charge in [-0.05, 0) is 34.5 Å². The van der Waals surface area contributed by atoms with Gasteiger partial charge >= 0.3 is 0 Å². The number of carbonyl (C=O) groups is 1. The Morgan fingerprint density at radius 1 is 1.56 bits per heavy atom. The predicted molar refractivity (Wildman–Crippen MR) is 73.9 cm³/mol. The fourth-order valence-corrected chi connectivity index (χ4v) is 3.24. The average Bonchev–Trinajstić information content (AvgIpc) is 2.59. The second-order valence-electron chi connectivity index (χ2n) is 3.71. The van der Waals surface area contributed by atoms with Crippen LogP contribution in [0.5, 0.6) is 0 Å². The van der Waals surface area contributed by atoms with Gasteiger partial charge in [-0.25, -0.2) is 0 Å². The Labute approximate surface area is 119 Å². The van der Waals surface area contributed by atoms with E-state index in [2.05, 4.69) is 15.9 Å². The molecule has 0 atom stereocenters. The Hall–Kier alpha value is -0.790. The van der Waals surface area contributed by atoms with E-state index in [0.29, 0.717) is 15.6 Å². The Kier molecular flexibility index (Phi) is 3.57. The molecular weight excluding hydrogens is 347 g/mol. The highest BCUT2D eigenvalue weighted by molar-refractivity contribution is 9.10. The van der Waals surface area contributed by atoms with Crippen molar-refractivity contribution in [1.82, 2.24) is 8.54 Å². The summed E-state index contributed by atoms with van der Waals surface area (Å²) in [4.78, 5) is 23.5. The van der Waals surface area contributed by atoms with E-state index in [1.54, 1.807) is 7.05 Å². The van der Waals surface area contributed by atoms with Crippen LogP contribution in [0.1, 0.15) is 16.1 Å². The van der Waals surface area contributed by atoms with Crippen molar-refractivity contribution in [1.29, 1.82) is 0 Å². The molecule has 2 aromatic rings. The van der Waals surface area contributed by atoms with Crippen LogP contribution in [0.15, 0.2) is 15.5 Å². The molecule has 0 amide bonds. The van der Waals surface area contributed by atoms with Crippen LogP contribution < -0.4 is 5.56 Å².